The highest BCUT2D eigenvalue weighted by Gasteiger charge is 2.10. The number of halogens is 1. The smallest absolute Gasteiger partial charge is 0.262 e. The summed E-state index contributed by atoms with van der Waals surface area (Å²) in [5.41, 5.74) is 0.274. The number of aromatic amines is 1. The lowest BCUT2D eigenvalue weighted by Gasteiger charge is -2.09. The number of amides is 1. The zero-order chi connectivity index (χ0) is 14.5. The number of pyridine rings is 1. The van der Waals surface area contributed by atoms with E-state index >= 15 is 0 Å². The fourth-order valence-electron chi connectivity index (χ4n) is 1.63. The highest BCUT2D eigenvalue weighted by atomic mass is 19.1. The third-order valence-electron chi connectivity index (χ3n) is 2.59. The predicted molar refractivity (Wildman–Crippen MR) is 72.3 cm³/mol. The van der Waals surface area contributed by atoms with Gasteiger partial charge in [0.2, 0.25) is 5.43 Å². The second-order valence-corrected chi connectivity index (χ2v) is 4.11. The van der Waals surface area contributed by atoms with Crippen molar-refractivity contribution in [3.8, 4) is 5.75 Å². The molecule has 5 nitrogen and oxygen atoms in total. The molecule has 1 aromatic carbocycles. The maximum absolute atomic E-state index is 13.3. The van der Waals surface area contributed by atoms with Crippen LogP contribution < -0.4 is 15.5 Å². The van der Waals surface area contributed by atoms with Crippen molar-refractivity contribution < 1.29 is 13.9 Å². The number of nitrogens with one attached hydrogen (secondary N) is 2. The van der Waals surface area contributed by atoms with Gasteiger partial charge in [0.15, 0.2) is 12.4 Å². The average molecular weight is 276 g/mol. The zero-order valence-corrected chi connectivity index (χ0v) is 10.8. The van der Waals surface area contributed by atoms with E-state index in [2.05, 4.69) is 10.3 Å². The Labute approximate surface area is 114 Å². The minimum absolute atomic E-state index is 0.0693. The Morgan fingerprint density at radius 1 is 1.35 bits per heavy atom. The number of anilines is 1. The second kappa shape index (κ2) is 6.01. The summed E-state index contributed by atoms with van der Waals surface area (Å²) in [7, 11) is 0. The molecule has 0 aliphatic carbocycles. The Kier molecular flexibility index (Phi) is 4.14. The summed E-state index contributed by atoms with van der Waals surface area (Å²) in [4.78, 5) is 26.0. The number of rotatable bonds is 4. The van der Waals surface area contributed by atoms with Crippen molar-refractivity contribution in [2.75, 3.05) is 11.9 Å². The molecular weight excluding hydrogens is 263 g/mol. The van der Waals surface area contributed by atoms with E-state index in [0.717, 1.165) is 0 Å². The molecule has 1 heterocycles. The number of aryl methyl sites for hydroxylation is 1. The number of hydrogen-bond acceptors (Lipinski definition) is 3. The first-order chi connectivity index (χ1) is 9.58. The number of H-pyrrole nitrogens is 1. The van der Waals surface area contributed by atoms with Crippen LogP contribution in [0.1, 0.15) is 5.69 Å². The van der Waals surface area contributed by atoms with Crippen LogP contribution in [0.15, 0.2) is 41.3 Å². The van der Waals surface area contributed by atoms with Gasteiger partial charge in [-0.15, -0.1) is 0 Å². The van der Waals surface area contributed by atoms with Gasteiger partial charge < -0.3 is 15.0 Å². The molecule has 2 rings (SSSR count). The van der Waals surface area contributed by atoms with Gasteiger partial charge in [0.25, 0.3) is 5.91 Å². The Morgan fingerprint density at radius 3 is 2.80 bits per heavy atom. The summed E-state index contributed by atoms with van der Waals surface area (Å²) in [5, 5.41) is 2.37. The largest absolute Gasteiger partial charge is 0.478 e. The molecular formula is C14H13FN2O3. The van der Waals surface area contributed by atoms with Gasteiger partial charge in [-0.05, 0) is 19.1 Å². The number of hydrogen-bond donors (Lipinski definition) is 2. The highest BCUT2D eigenvalue weighted by Crippen LogP contribution is 2.12. The van der Waals surface area contributed by atoms with Crippen molar-refractivity contribution >= 4 is 11.6 Å². The minimum Gasteiger partial charge on any atom is -0.478 e. The van der Waals surface area contributed by atoms with Gasteiger partial charge in [-0.2, -0.15) is 0 Å². The SMILES string of the molecule is Cc1[nH]ccc(=O)c1OCC(=O)Nc1ccccc1F. The molecule has 2 N–H and O–H groups in total. The van der Waals surface area contributed by atoms with E-state index in [1.807, 2.05) is 0 Å². The molecule has 6 heteroatoms. The highest BCUT2D eigenvalue weighted by molar-refractivity contribution is 5.91. The van der Waals surface area contributed by atoms with Crippen LogP contribution in [0.2, 0.25) is 0 Å². The van der Waals surface area contributed by atoms with E-state index < -0.39 is 11.7 Å². The van der Waals surface area contributed by atoms with Crippen molar-refractivity contribution in [3.63, 3.8) is 0 Å². The van der Waals surface area contributed by atoms with Crippen molar-refractivity contribution in [2.45, 2.75) is 6.92 Å². The molecule has 0 atom stereocenters. The normalized spacial score (nSPS) is 10.1. The first kappa shape index (κ1) is 13.8. The number of carbonyl (C=O) groups excluding carboxylic acids is 1. The average Bonchev–Trinajstić information content (AvgIpc) is 2.41. The quantitative estimate of drug-likeness (QED) is 0.895. The van der Waals surface area contributed by atoms with E-state index in [0.29, 0.717) is 5.69 Å². The summed E-state index contributed by atoms with van der Waals surface area (Å²) in [6.07, 6.45) is 1.49. The molecule has 2 aromatic rings. The van der Waals surface area contributed by atoms with E-state index in [1.165, 1.54) is 30.5 Å². The van der Waals surface area contributed by atoms with E-state index in [1.54, 1.807) is 13.0 Å². The maximum atomic E-state index is 13.3. The van der Waals surface area contributed by atoms with Crippen molar-refractivity contribution in [1.29, 1.82) is 0 Å². The van der Waals surface area contributed by atoms with Gasteiger partial charge in [0.1, 0.15) is 5.82 Å². The number of benzene rings is 1. The minimum atomic E-state index is -0.544. The van der Waals surface area contributed by atoms with Crippen LogP contribution >= 0.6 is 0 Å². The molecule has 0 radical (unpaired) electrons. The van der Waals surface area contributed by atoms with Crippen LogP contribution in [-0.4, -0.2) is 17.5 Å². The molecule has 0 unspecified atom stereocenters. The Balaban J connectivity index is 2.00. The van der Waals surface area contributed by atoms with Gasteiger partial charge in [-0.25, -0.2) is 4.39 Å². The summed E-state index contributed by atoms with van der Waals surface area (Å²) in [6.45, 7) is 1.29. The first-order valence-corrected chi connectivity index (χ1v) is 5.93. The summed E-state index contributed by atoms with van der Waals surface area (Å²) >= 11 is 0. The maximum Gasteiger partial charge on any atom is 0.262 e. The van der Waals surface area contributed by atoms with Crippen LogP contribution in [0.4, 0.5) is 10.1 Å². The van der Waals surface area contributed by atoms with Gasteiger partial charge in [0.05, 0.1) is 11.4 Å². The topological polar surface area (TPSA) is 71.2 Å². The van der Waals surface area contributed by atoms with E-state index in [-0.39, 0.29) is 23.5 Å². The third kappa shape index (κ3) is 3.23. The summed E-state index contributed by atoms with van der Waals surface area (Å²) in [5.74, 6) is -0.997. The first-order valence-electron chi connectivity index (χ1n) is 5.93. The lowest BCUT2D eigenvalue weighted by atomic mass is 10.3. The summed E-state index contributed by atoms with van der Waals surface area (Å²) < 4.78 is 18.5. The fraction of sp³-hybridized carbons (Fsp3) is 0.143. The number of para-hydroxylation sites is 1. The van der Waals surface area contributed by atoms with Crippen molar-refractivity contribution in [2.24, 2.45) is 0 Å². The number of ether oxygens (including phenoxy) is 1. The number of carbonyl (C=O) groups is 1. The summed E-state index contributed by atoms with van der Waals surface area (Å²) in [6, 6.07) is 7.10. The van der Waals surface area contributed by atoms with Crippen LogP contribution in [0.3, 0.4) is 0 Å². The van der Waals surface area contributed by atoms with Gasteiger partial charge in [0, 0.05) is 12.3 Å². The predicted octanol–water partition coefficient (Wildman–Crippen LogP) is 1.84. The third-order valence-corrected chi connectivity index (χ3v) is 2.59. The van der Waals surface area contributed by atoms with Crippen molar-refractivity contribution in [1.82, 2.24) is 4.98 Å². The number of aromatic nitrogens is 1. The Hall–Kier alpha value is -2.63. The Bertz CT molecular complexity index is 682. The molecule has 0 aliphatic rings. The molecule has 0 spiro atoms. The lowest BCUT2D eigenvalue weighted by molar-refractivity contribution is -0.118. The molecule has 1 amide bonds. The lowest BCUT2D eigenvalue weighted by Crippen LogP contribution is -2.23. The second-order valence-electron chi connectivity index (χ2n) is 4.11. The Morgan fingerprint density at radius 2 is 2.10 bits per heavy atom. The monoisotopic (exact) mass is 276 g/mol. The van der Waals surface area contributed by atoms with Crippen LogP contribution in [0.25, 0.3) is 0 Å². The van der Waals surface area contributed by atoms with Gasteiger partial charge >= 0.3 is 0 Å². The van der Waals surface area contributed by atoms with Crippen LogP contribution in [-0.2, 0) is 4.79 Å². The molecule has 0 saturated heterocycles. The molecule has 20 heavy (non-hydrogen) atoms. The van der Waals surface area contributed by atoms with Crippen molar-refractivity contribution in [3.05, 3.63) is 58.3 Å². The van der Waals surface area contributed by atoms with E-state index in [4.69, 9.17) is 4.74 Å². The molecule has 0 saturated carbocycles. The van der Waals surface area contributed by atoms with Crippen LogP contribution in [0, 0.1) is 12.7 Å². The standard InChI is InChI=1S/C14H13FN2O3/c1-9-14(12(18)6-7-16-9)20-8-13(19)17-11-5-3-2-4-10(11)15/h2-7H,8H2,1H3,(H,16,18)(H,17,19). The molecule has 0 fully saturated rings. The van der Waals surface area contributed by atoms with Gasteiger partial charge in [-0.1, -0.05) is 12.1 Å². The van der Waals surface area contributed by atoms with Gasteiger partial charge in [-0.3, -0.25) is 9.59 Å². The fourth-order valence-corrected chi connectivity index (χ4v) is 1.63. The molecule has 104 valence electrons. The van der Waals surface area contributed by atoms with Crippen LogP contribution in [0.5, 0.6) is 5.75 Å². The molecule has 0 bridgehead atoms. The van der Waals surface area contributed by atoms with E-state index in [9.17, 15) is 14.0 Å². The molecule has 1 aromatic heterocycles. The zero-order valence-electron chi connectivity index (χ0n) is 10.8. The molecule has 0 aliphatic heterocycles.